The van der Waals surface area contributed by atoms with E-state index in [0.29, 0.717) is 17.6 Å². The number of nitrogens with zero attached hydrogens (tertiary/aromatic N) is 5. The Morgan fingerprint density at radius 1 is 0.926 bits per heavy atom. The van der Waals surface area contributed by atoms with Crippen molar-refractivity contribution in [3.05, 3.63) is 95.7 Å². The van der Waals surface area contributed by atoms with Gasteiger partial charge in [-0.25, -0.2) is 15.0 Å². The van der Waals surface area contributed by atoms with Crippen LogP contribution in [0.1, 0.15) is 5.56 Å². The molecule has 4 heterocycles. The maximum atomic E-state index is 12.7. The number of fused-ring (bicyclic) bond motifs is 2. The Hall–Kier alpha value is -3.80. The minimum Gasteiger partial charge on any atom is -0.306 e. The van der Waals surface area contributed by atoms with Crippen molar-refractivity contribution in [1.82, 2.24) is 23.9 Å². The van der Waals surface area contributed by atoms with Crippen LogP contribution in [-0.2, 0) is 6.54 Å². The van der Waals surface area contributed by atoms with Crippen molar-refractivity contribution in [1.29, 1.82) is 0 Å². The second-order valence-electron chi connectivity index (χ2n) is 6.40. The summed E-state index contributed by atoms with van der Waals surface area (Å²) in [5.74, 6) is 0. The van der Waals surface area contributed by atoms with Crippen molar-refractivity contribution in [3.63, 3.8) is 0 Å². The molecule has 0 N–H and O–H groups in total. The van der Waals surface area contributed by atoms with Crippen LogP contribution < -0.4 is 5.56 Å². The van der Waals surface area contributed by atoms with E-state index in [2.05, 4.69) is 39.3 Å². The van der Waals surface area contributed by atoms with Gasteiger partial charge in [0.2, 0.25) is 0 Å². The van der Waals surface area contributed by atoms with E-state index in [0.717, 1.165) is 22.2 Å². The number of rotatable bonds is 3. The lowest BCUT2D eigenvalue weighted by Gasteiger charge is -2.09. The van der Waals surface area contributed by atoms with Crippen LogP contribution in [0.2, 0.25) is 0 Å². The number of benzene rings is 1. The summed E-state index contributed by atoms with van der Waals surface area (Å²) in [6, 6.07) is 15.8. The highest BCUT2D eigenvalue weighted by Crippen LogP contribution is 2.21. The van der Waals surface area contributed by atoms with Gasteiger partial charge in [0.1, 0.15) is 6.33 Å². The SMILES string of the molecule is O=c1c2cccnc2ncn1Cc1cccc(-c2ccc3cncn3c2)c1. The lowest BCUT2D eigenvalue weighted by atomic mass is 10.0. The highest BCUT2D eigenvalue weighted by molar-refractivity contribution is 5.72. The summed E-state index contributed by atoms with van der Waals surface area (Å²) in [5.41, 5.74) is 4.66. The van der Waals surface area contributed by atoms with Crippen molar-refractivity contribution < 1.29 is 0 Å². The molecule has 5 rings (SSSR count). The van der Waals surface area contributed by atoms with Gasteiger partial charge in [-0.3, -0.25) is 9.36 Å². The molecule has 130 valence electrons. The Bertz CT molecular complexity index is 1340. The molecule has 27 heavy (non-hydrogen) atoms. The van der Waals surface area contributed by atoms with Crippen molar-refractivity contribution in [3.8, 4) is 11.1 Å². The van der Waals surface area contributed by atoms with Crippen molar-refractivity contribution in [2.24, 2.45) is 0 Å². The third kappa shape index (κ3) is 2.77. The quantitative estimate of drug-likeness (QED) is 0.500. The molecule has 0 aliphatic rings. The zero-order valence-corrected chi connectivity index (χ0v) is 14.4. The average molecular weight is 353 g/mol. The molecule has 0 saturated carbocycles. The van der Waals surface area contributed by atoms with Gasteiger partial charge in [-0.15, -0.1) is 0 Å². The van der Waals surface area contributed by atoms with Gasteiger partial charge in [0, 0.05) is 12.4 Å². The molecular weight excluding hydrogens is 338 g/mol. The third-order valence-corrected chi connectivity index (χ3v) is 4.62. The van der Waals surface area contributed by atoms with Gasteiger partial charge in [0.15, 0.2) is 5.65 Å². The number of aromatic nitrogens is 5. The topological polar surface area (TPSA) is 65.1 Å². The summed E-state index contributed by atoms with van der Waals surface area (Å²) in [6.45, 7) is 0.456. The Kier molecular flexibility index (Phi) is 3.53. The van der Waals surface area contributed by atoms with Crippen LogP contribution >= 0.6 is 0 Å². The Morgan fingerprint density at radius 3 is 2.85 bits per heavy atom. The molecular formula is C21H15N5O. The standard InChI is InChI=1S/C21H15N5O/c27-21-19-5-2-8-23-20(19)24-14-26(21)11-15-3-1-4-16(9-15)17-6-7-18-10-22-13-25(18)12-17/h1-10,12-14H,11H2. The maximum absolute atomic E-state index is 12.7. The summed E-state index contributed by atoms with van der Waals surface area (Å²) in [7, 11) is 0. The van der Waals surface area contributed by atoms with E-state index in [-0.39, 0.29) is 5.56 Å². The van der Waals surface area contributed by atoms with E-state index < -0.39 is 0 Å². The van der Waals surface area contributed by atoms with Crippen LogP contribution in [0.5, 0.6) is 0 Å². The predicted octanol–water partition coefficient (Wildman–Crippen LogP) is 3.15. The van der Waals surface area contributed by atoms with Gasteiger partial charge in [-0.05, 0) is 41.0 Å². The lowest BCUT2D eigenvalue weighted by Crippen LogP contribution is -2.21. The van der Waals surface area contributed by atoms with Crippen LogP contribution in [-0.4, -0.2) is 23.9 Å². The van der Waals surface area contributed by atoms with Crippen molar-refractivity contribution in [2.45, 2.75) is 6.54 Å². The Labute approximate surface area is 154 Å². The molecule has 6 nitrogen and oxygen atoms in total. The first-order valence-electron chi connectivity index (χ1n) is 8.59. The minimum atomic E-state index is -0.0849. The predicted molar refractivity (Wildman–Crippen MR) is 104 cm³/mol. The van der Waals surface area contributed by atoms with Crippen LogP contribution in [0.15, 0.2) is 84.6 Å². The molecule has 0 saturated heterocycles. The fourth-order valence-electron chi connectivity index (χ4n) is 3.25. The smallest absolute Gasteiger partial charge is 0.263 e. The Balaban J connectivity index is 1.52. The number of hydrogen-bond acceptors (Lipinski definition) is 4. The first kappa shape index (κ1) is 15.5. The molecule has 0 fully saturated rings. The number of imidazole rings is 1. The molecule has 0 unspecified atom stereocenters. The monoisotopic (exact) mass is 353 g/mol. The summed E-state index contributed by atoms with van der Waals surface area (Å²) in [4.78, 5) is 25.3. The third-order valence-electron chi connectivity index (χ3n) is 4.62. The zero-order chi connectivity index (χ0) is 18.2. The van der Waals surface area contributed by atoms with Gasteiger partial charge >= 0.3 is 0 Å². The molecule has 0 spiro atoms. The maximum Gasteiger partial charge on any atom is 0.263 e. The van der Waals surface area contributed by atoms with Crippen molar-refractivity contribution >= 4 is 16.6 Å². The average Bonchev–Trinajstić information content (AvgIpc) is 3.18. The zero-order valence-electron chi connectivity index (χ0n) is 14.4. The van der Waals surface area contributed by atoms with E-state index in [1.807, 2.05) is 28.8 Å². The fourth-order valence-corrected chi connectivity index (χ4v) is 3.25. The molecule has 1 aromatic carbocycles. The molecule has 0 aliphatic heterocycles. The van der Waals surface area contributed by atoms with E-state index in [4.69, 9.17) is 0 Å². The molecule has 0 radical (unpaired) electrons. The number of hydrogen-bond donors (Lipinski definition) is 0. The normalized spacial score (nSPS) is 11.3. The van der Waals surface area contributed by atoms with E-state index in [1.54, 1.807) is 35.6 Å². The summed E-state index contributed by atoms with van der Waals surface area (Å²) >= 11 is 0. The first-order valence-corrected chi connectivity index (χ1v) is 8.59. The first-order chi connectivity index (χ1) is 13.3. The molecule has 0 amide bonds. The summed E-state index contributed by atoms with van der Waals surface area (Å²) < 4.78 is 3.61. The summed E-state index contributed by atoms with van der Waals surface area (Å²) in [6.07, 6.45) is 8.86. The van der Waals surface area contributed by atoms with Gasteiger partial charge in [-0.1, -0.05) is 24.3 Å². The number of pyridine rings is 2. The van der Waals surface area contributed by atoms with Crippen LogP contribution in [0.4, 0.5) is 0 Å². The highest BCUT2D eigenvalue weighted by atomic mass is 16.1. The molecule has 4 aromatic heterocycles. The molecule has 0 aliphatic carbocycles. The molecule has 5 aromatic rings. The van der Waals surface area contributed by atoms with Gasteiger partial charge in [0.25, 0.3) is 5.56 Å². The summed E-state index contributed by atoms with van der Waals surface area (Å²) in [5, 5.41) is 0.529. The van der Waals surface area contributed by atoms with Crippen LogP contribution in [0, 0.1) is 0 Å². The van der Waals surface area contributed by atoms with Crippen LogP contribution in [0.3, 0.4) is 0 Å². The Morgan fingerprint density at radius 2 is 1.89 bits per heavy atom. The van der Waals surface area contributed by atoms with E-state index in [1.165, 1.54) is 0 Å². The fraction of sp³-hybridized carbons (Fsp3) is 0.0476. The lowest BCUT2D eigenvalue weighted by molar-refractivity contribution is 0.747. The largest absolute Gasteiger partial charge is 0.306 e. The van der Waals surface area contributed by atoms with Gasteiger partial charge in [-0.2, -0.15) is 0 Å². The minimum absolute atomic E-state index is 0.0849. The molecule has 0 bridgehead atoms. The van der Waals surface area contributed by atoms with E-state index >= 15 is 0 Å². The van der Waals surface area contributed by atoms with E-state index in [9.17, 15) is 4.79 Å². The van der Waals surface area contributed by atoms with Gasteiger partial charge in [0.05, 0.1) is 30.0 Å². The molecule has 0 atom stereocenters. The second-order valence-corrected chi connectivity index (χ2v) is 6.40. The van der Waals surface area contributed by atoms with Crippen molar-refractivity contribution in [2.75, 3.05) is 0 Å². The highest BCUT2D eigenvalue weighted by Gasteiger charge is 2.06. The van der Waals surface area contributed by atoms with Gasteiger partial charge < -0.3 is 4.40 Å². The second kappa shape index (κ2) is 6.17. The molecule has 6 heteroatoms. The van der Waals surface area contributed by atoms with Crippen LogP contribution in [0.25, 0.3) is 27.7 Å².